The third kappa shape index (κ3) is 12.4. The minimum Gasteiger partial charge on any atom is -0.387 e. The number of aliphatic hydroxyl groups is 3. The third-order valence-corrected chi connectivity index (χ3v) is 17.7. The molecule has 4 unspecified atom stereocenters. The number of ether oxygens (including phenoxy) is 6. The lowest BCUT2D eigenvalue weighted by molar-refractivity contribution is -0.646. The van der Waals surface area contributed by atoms with E-state index in [-0.39, 0.29) is 71.0 Å². The number of fused-ring (bicyclic) bond motifs is 3. The quantitative estimate of drug-likeness (QED) is 0.0157. The largest absolute Gasteiger partial charge is 0.490 e. The maximum Gasteiger partial charge on any atom is 0.490 e. The van der Waals surface area contributed by atoms with Crippen molar-refractivity contribution in [2.75, 3.05) is 71.1 Å². The maximum absolute atomic E-state index is 13.7. The molecule has 0 aliphatic carbocycles. The van der Waals surface area contributed by atoms with E-state index in [9.17, 15) is 62.7 Å². The lowest BCUT2D eigenvalue weighted by atomic mass is 9.99. The number of nitrogens with one attached hydrogen (secondary N) is 2. The average Bonchev–Trinajstić information content (AvgIpc) is 4.29. The lowest BCUT2D eigenvalue weighted by Gasteiger charge is -2.26. The number of phosphoric ester groups is 3. The minimum atomic E-state index is -6.21. The molecule has 15 N–H and O–H groups in total. The summed E-state index contributed by atoms with van der Waals surface area (Å²) in [4.78, 5) is 96.8. The SMILES string of the molecule is COCCOC[C@H]1[C@@H](O)[C@H](n2c[n+](C)c3c(=O)[nH]c(N)nc32)O[C@@H]1COP(=O)(O)OP(=O)(O)OP(=O)(O)OC[C@H]1O[C@@H](n2cnc3c(N)ncnc32)[C@H](OC)[C@@H]1OP(=O)(O)OC[C@H]1O[C@@H](n2cnc3c(=O)[nH]c(N)nc32)[C@H](O)[C@@H]1O. The zero-order valence-electron chi connectivity index (χ0n) is 41.5. The molecule has 0 aromatic carbocycles. The van der Waals surface area contributed by atoms with Gasteiger partial charge >= 0.3 is 36.9 Å². The first kappa shape index (κ1) is 59.4. The molecule has 6 aromatic rings. The molecule has 44 heteroatoms. The molecular weight excluding hydrogens is 1170 g/mol. The Balaban J connectivity index is 0.872. The Morgan fingerprint density at radius 3 is 1.89 bits per heavy atom. The van der Waals surface area contributed by atoms with Crippen LogP contribution in [0.25, 0.3) is 33.5 Å². The van der Waals surface area contributed by atoms with Crippen LogP contribution in [0.5, 0.6) is 0 Å². The zero-order valence-corrected chi connectivity index (χ0v) is 45.0. The molecular formula is C36H52N15O25P4+. The van der Waals surface area contributed by atoms with Gasteiger partial charge in [-0.15, -0.1) is 0 Å². The van der Waals surface area contributed by atoms with Crippen LogP contribution in [-0.4, -0.2) is 191 Å². The van der Waals surface area contributed by atoms with E-state index in [4.69, 9.17) is 63.7 Å². The van der Waals surface area contributed by atoms with Crippen LogP contribution in [0.4, 0.5) is 17.7 Å². The van der Waals surface area contributed by atoms with Crippen LogP contribution >= 0.6 is 31.3 Å². The second kappa shape index (κ2) is 23.2. The summed E-state index contributed by atoms with van der Waals surface area (Å²) in [5.74, 6) is -1.76. The molecule has 9 rings (SSSR count). The topological polar surface area (TPSA) is 560 Å². The van der Waals surface area contributed by atoms with Gasteiger partial charge in [-0.05, 0) is 0 Å². The van der Waals surface area contributed by atoms with E-state index in [2.05, 4.69) is 48.5 Å². The number of methoxy groups -OCH3 is 2. The summed E-state index contributed by atoms with van der Waals surface area (Å²) in [6.07, 6.45) is -13.0. The number of hydrogen-bond acceptors (Lipinski definition) is 30. The van der Waals surface area contributed by atoms with Gasteiger partial charge < -0.3 is 80.5 Å². The first-order chi connectivity index (χ1) is 37.7. The first-order valence-electron chi connectivity index (χ1n) is 23.1. The van der Waals surface area contributed by atoms with Crippen molar-refractivity contribution in [3.63, 3.8) is 0 Å². The molecule has 6 aromatic heterocycles. The molecule has 0 amide bonds. The second-order valence-electron chi connectivity index (χ2n) is 17.7. The summed E-state index contributed by atoms with van der Waals surface area (Å²) in [5.41, 5.74) is 15.7. The highest BCUT2D eigenvalue weighted by Crippen LogP contribution is 2.68. The fourth-order valence-corrected chi connectivity index (χ4v) is 13.4. The van der Waals surface area contributed by atoms with Gasteiger partial charge in [0.1, 0.15) is 54.6 Å². The van der Waals surface area contributed by atoms with Crippen molar-refractivity contribution in [3.05, 3.63) is 46.0 Å². The Bertz CT molecular complexity index is 3570. The number of aliphatic hydroxyl groups excluding tert-OH is 3. The van der Waals surface area contributed by atoms with Gasteiger partial charge in [0.25, 0.3) is 16.7 Å². The van der Waals surface area contributed by atoms with Crippen LogP contribution in [0.3, 0.4) is 0 Å². The molecule has 9 heterocycles. The first-order valence-corrected chi connectivity index (χ1v) is 29.1. The van der Waals surface area contributed by atoms with Crippen LogP contribution < -0.4 is 32.9 Å². The Morgan fingerprint density at radius 2 is 1.21 bits per heavy atom. The smallest absolute Gasteiger partial charge is 0.387 e. The van der Waals surface area contributed by atoms with Gasteiger partial charge in [-0.2, -0.15) is 23.2 Å². The van der Waals surface area contributed by atoms with Crippen molar-refractivity contribution in [1.82, 2.24) is 53.6 Å². The molecule has 3 aliphatic rings. The van der Waals surface area contributed by atoms with Crippen LogP contribution in [0.2, 0.25) is 0 Å². The lowest BCUT2D eigenvalue weighted by Crippen LogP contribution is -2.38. The summed E-state index contributed by atoms with van der Waals surface area (Å²) >= 11 is 0. The summed E-state index contributed by atoms with van der Waals surface area (Å²) in [7, 11) is -19.5. The van der Waals surface area contributed by atoms with Crippen LogP contribution in [0, 0.1) is 5.92 Å². The van der Waals surface area contributed by atoms with E-state index in [0.717, 1.165) is 30.7 Å². The van der Waals surface area contributed by atoms with Gasteiger partial charge in [-0.25, -0.2) is 42.8 Å². The van der Waals surface area contributed by atoms with E-state index in [1.807, 2.05) is 0 Å². The van der Waals surface area contributed by atoms with Crippen molar-refractivity contribution < 1.29 is 113 Å². The standard InChI is InChI=1S/C36H51N15O25P4/c1-48-13-51(29-20(48)31(56)47-36(39)45-29)32-21(52)14(6-67-5-4-65-2)15(71-32)7-69-78(59,60)75-80(63,64)76-79(61,62)70-9-17-24(25(66-3)34(73-17)49-11-42-18-26(37)40-10-41-27(18)49)74-77(57,58)68-8-16-22(53)23(54)33(72-16)50-12-43-19-28(50)44-35(38)46-30(19)55/h10-17,21-25,32-34,52-54H,4-9H2,1-3H3,(H11-,37,38,39,40,41,44,45,46,47,55,56,57,58,59,60,61,62,63,64)/p+1/t14-,15-,16-,17-,21-,22-,23-,24-,25-,32-,33-,34-/m1/s1. The number of nitrogen functional groups attached to an aromatic ring is 3. The fourth-order valence-electron chi connectivity index (χ4n) is 8.94. The molecule has 0 saturated carbocycles. The van der Waals surface area contributed by atoms with Crippen molar-refractivity contribution in [3.8, 4) is 0 Å². The molecule has 3 saturated heterocycles. The Morgan fingerprint density at radius 1 is 0.637 bits per heavy atom. The number of H-pyrrole nitrogens is 2. The van der Waals surface area contributed by atoms with Gasteiger partial charge in [0.05, 0.1) is 65.4 Å². The third-order valence-electron chi connectivity index (χ3n) is 12.5. The molecule has 80 heavy (non-hydrogen) atoms. The molecule has 40 nitrogen and oxygen atoms in total. The van der Waals surface area contributed by atoms with E-state index in [0.29, 0.717) is 0 Å². The van der Waals surface area contributed by atoms with Crippen LogP contribution in [0.1, 0.15) is 18.7 Å². The van der Waals surface area contributed by atoms with E-state index < -0.39 is 136 Å². The minimum absolute atomic E-state index is 0.0120. The number of hydrogen-bond donors (Lipinski definition) is 12. The number of rotatable bonds is 24. The highest BCUT2D eigenvalue weighted by Gasteiger charge is 2.54. The second-order valence-corrected chi connectivity index (χ2v) is 23.7. The highest BCUT2D eigenvalue weighted by atomic mass is 31.3. The monoisotopic (exact) mass is 1220 g/mol. The Kier molecular flexibility index (Phi) is 17.3. The number of aryl methyl sites for hydroxylation is 1. The normalized spacial score (nSPS) is 29.3. The number of aromatic nitrogens is 12. The fraction of sp³-hybridized carbons (Fsp3) is 0.583. The number of nitrogens with two attached hydrogens (primary N) is 3. The van der Waals surface area contributed by atoms with Crippen molar-refractivity contribution in [2.45, 2.75) is 67.5 Å². The number of imidazole rings is 3. The highest BCUT2D eigenvalue weighted by molar-refractivity contribution is 7.66. The summed E-state index contributed by atoms with van der Waals surface area (Å²) in [6, 6.07) is 0. The summed E-state index contributed by atoms with van der Waals surface area (Å²) in [6.45, 7) is -3.37. The summed E-state index contributed by atoms with van der Waals surface area (Å²) in [5, 5.41) is 33.2. The van der Waals surface area contributed by atoms with Gasteiger partial charge in [-0.3, -0.25) is 46.8 Å². The number of phosphoric acid groups is 4. The molecule has 0 bridgehead atoms. The van der Waals surface area contributed by atoms with Gasteiger partial charge in [0, 0.05) is 20.1 Å². The number of anilines is 3. The zero-order chi connectivity index (χ0) is 57.8. The van der Waals surface area contributed by atoms with Gasteiger partial charge in [-0.1, -0.05) is 0 Å². The predicted molar refractivity (Wildman–Crippen MR) is 259 cm³/mol. The Hall–Kier alpha value is -5.19. The molecule has 3 fully saturated rings. The number of aromatic amines is 2. The molecule has 16 atom stereocenters. The van der Waals surface area contributed by atoms with Crippen LogP contribution in [-0.2, 0) is 80.4 Å². The average molecular weight is 1220 g/mol. The van der Waals surface area contributed by atoms with Crippen molar-refractivity contribution in [1.29, 1.82) is 0 Å². The van der Waals surface area contributed by atoms with Crippen LogP contribution in [0.15, 0.2) is 34.9 Å². The Labute approximate surface area is 445 Å². The van der Waals surface area contributed by atoms with Gasteiger partial charge in [0.15, 0.2) is 35.1 Å². The summed E-state index contributed by atoms with van der Waals surface area (Å²) < 4.78 is 121. The van der Waals surface area contributed by atoms with Crippen molar-refractivity contribution >= 4 is 82.5 Å². The molecule has 0 spiro atoms. The van der Waals surface area contributed by atoms with Crippen molar-refractivity contribution in [2.24, 2.45) is 13.0 Å². The van der Waals surface area contributed by atoms with E-state index >= 15 is 0 Å². The predicted octanol–water partition coefficient (Wildman–Crippen LogP) is -3.79. The molecule has 440 valence electrons. The van der Waals surface area contributed by atoms with Gasteiger partial charge in [0.2, 0.25) is 24.5 Å². The molecule has 3 aliphatic heterocycles. The molecule has 0 radical (unpaired) electrons. The number of nitrogens with zero attached hydrogens (tertiary/aromatic N) is 10. The van der Waals surface area contributed by atoms with E-state index in [1.165, 1.54) is 34.2 Å². The van der Waals surface area contributed by atoms with E-state index in [1.54, 1.807) is 0 Å². The maximum atomic E-state index is 13.7.